The zero-order chi connectivity index (χ0) is 23.2. The summed E-state index contributed by atoms with van der Waals surface area (Å²) in [5.41, 5.74) is 7.33. The molecule has 0 aliphatic carbocycles. The number of benzene rings is 5. The smallest absolute Gasteiger partial charge is 0.227 e. The first-order valence-electron chi connectivity index (χ1n) is 11.7. The highest BCUT2D eigenvalue weighted by atomic mass is 16.3. The normalized spacial score (nSPS) is 11.4. The van der Waals surface area contributed by atoms with E-state index in [0.717, 1.165) is 33.2 Å². The maximum Gasteiger partial charge on any atom is 0.227 e. The Morgan fingerprint density at radius 3 is 1.97 bits per heavy atom. The number of oxazole rings is 1. The predicted molar refractivity (Wildman–Crippen MR) is 143 cm³/mol. The summed E-state index contributed by atoms with van der Waals surface area (Å²) in [4.78, 5) is 9.15. The fourth-order valence-electron chi connectivity index (χ4n) is 4.90. The zero-order valence-electron chi connectivity index (χ0n) is 18.8. The molecule has 0 radical (unpaired) electrons. The van der Waals surface area contributed by atoms with Crippen LogP contribution in [-0.2, 0) is 0 Å². The van der Waals surface area contributed by atoms with Crippen molar-refractivity contribution in [2.24, 2.45) is 0 Å². The van der Waals surface area contributed by atoms with Crippen molar-refractivity contribution in [2.45, 2.75) is 0 Å². The molecule has 0 saturated heterocycles. The Morgan fingerprint density at radius 1 is 0.486 bits per heavy atom. The highest BCUT2D eigenvalue weighted by Gasteiger charge is 2.13. The van der Waals surface area contributed by atoms with Gasteiger partial charge in [-0.1, -0.05) is 84.9 Å². The van der Waals surface area contributed by atoms with Gasteiger partial charge in [0, 0.05) is 28.9 Å². The van der Waals surface area contributed by atoms with Gasteiger partial charge in [0.1, 0.15) is 5.52 Å². The molecule has 7 rings (SSSR count). The van der Waals surface area contributed by atoms with Gasteiger partial charge in [0.15, 0.2) is 5.58 Å². The number of pyridine rings is 1. The molecule has 0 bridgehead atoms. The molecule has 2 heterocycles. The van der Waals surface area contributed by atoms with Crippen LogP contribution in [0.4, 0.5) is 0 Å². The number of hydrogen-bond acceptors (Lipinski definition) is 3. The van der Waals surface area contributed by atoms with Gasteiger partial charge in [-0.2, -0.15) is 0 Å². The zero-order valence-corrected chi connectivity index (χ0v) is 18.8. The number of aromatic nitrogens is 2. The Hall–Kier alpha value is -4.76. The van der Waals surface area contributed by atoms with Crippen LogP contribution in [0.5, 0.6) is 0 Å². The molecule has 0 amide bonds. The molecule has 0 spiro atoms. The first kappa shape index (κ1) is 19.7. The molecule has 7 aromatic rings. The second kappa shape index (κ2) is 7.93. The fraction of sp³-hybridized carbons (Fsp3) is 0. The summed E-state index contributed by atoms with van der Waals surface area (Å²) in [5.74, 6) is 0.640. The van der Waals surface area contributed by atoms with Gasteiger partial charge >= 0.3 is 0 Å². The van der Waals surface area contributed by atoms with Crippen LogP contribution in [0.25, 0.3) is 66.4 Å². The van der Waals surface area contributed by atoms with Crippen molar-refractivity contribution in [1.29, 1.82) is 0 Å². The first-order valence-corrected chi connectivity index (χ1v) is 11.7. The SMILES string of the molecule is c1ccc2c(-c3ccc(-c4ccc(-c5nc6ccccc6o5)cc4)c4ccccc34)cncc2c1. The van der Waals surface area contributed by atoms with Crippen molar-refractivity contribution in [2.75, 3.05) is 0 Å². The molecule has 2 aromatic heterocycles. The van der Waals surface area contributed by atoms with Crippen molar-refractivity contribution < 1.29 is 4.42 Å². The minimum atomic E-state index is 0.640. The summed E-state index contributed by atoms with van der Waals surface area (Å²) in [6, 6.07) is 37.7. The van der Waals surface area contributed by atoms with E-state index in [4.69, 9.17) is 4.42 Å². The molecule has 0 aliphatic heterocycles. The van der Waals surface area contributed by atoms with Gasteiger partial charge in [-0.3, -0.25) is 4.98 Å². The van der Waals surface area contributed by atoms with Crippen LogP contribution in [0.3, 0.4) is 0 Å². The van der Waals surface area contributed by atoms with E-state index < -0.39 is 0 Å². The summed E-state index contributed by atoms with van der Waals surface area (Å²) in [6.07, 6.45) is 3.90. The fourth-order valence-corrected chi connectivity index (χ4v) is 4.90. The molecule has 0 atom stereocenters. The van der Waals surface area contributed by atoms with Gasteiger partial charge in [0.25, 0.3) is 0 Å². The molecule has 0 unspecified atom stereocenters. The summed E-state index contributed by atoms with van der Waals surface area (Å²) >= 11 is 0. The standard InChI is InChI=1S/C32H20N2O/c1-2-8-24-23(7-1)19-33-20-29(24)28-18-17-25(26-9-3-4-10-27(26)28)21-13-15-22(16-14-21)32-34-30-11-5-6-12-31(30)35-32/h1-20H. The molecule has 3 nitrogen and oxygen atoms in total. The van der Waals surface area contributed by atoms with E-state index in [1.807, 2.05) is 36.7 Å². The lowest BCUT2D eigenvalue weighted by atomic mass is 9.91. The van der Waals surface area contributed by atoms with E-state index in [1.165, 1.54) is 27.3 Å². The predicted octanol–water partition coefficient (Wildman–Crippen LogP) is 8.53. The molecule has 5 aromatic carbocycles. The van der Waals surface area contributed by atoms with Crippen LogP contribution < -0.4 is 0 Å². The van der Waals surface area contributed by atoms with Gasteiger partial charge < -0.3 is 4.42 Å². The maximum atomic E-state index is 5.95. The summed E-state index contributed by atoms with van der Waals surface area (Å²) in [6.45, 7) is 0. The second-order valence-corrected chi connectivity index (χ2v) is 8.68. The average molecular weight is 449 g/mol. The van der Waals surface area contributed by atoms with Crippen LogP contribution in [0, 0.1) is 0 Å². The van der Waals surface area contributed by atoms with Crippen LogP contribution in [-0.4, -0.2) is 9.97 Å². The summed E-state index contributed by atoms with van der Waals surface area (Å²) < 4.78 is 5.95. The van der Waals surface area contributed by atoms with E-state index >= 15 is 0 Å². The molecule has 35 heavy (non-hydrogen) atoms. The Kier molecular flexibility index (Phi) is 4.46. The topological polar surface area (TPSA) is 38.9 Å². The van der Waals surface area contributed by atoms with Crippen molar-refractivity contribution in [3.63, 3.8) is 0 Å². The lowest BCUT2D eigenvalue weighted by Gasteiger charge is -2.13. The van der Waals surface area contributed by atoms with Gasteiger partial charge in [-0.25, -0.2) is 4.98 Å². The number of nitrogens with zero attached hydrogens (tertiary/aromatic N) is 2. The highest BCUT2D eigenvalue weighted by Crippen LogP contribution is 2.38. The average Bonchev–Trinajstić information content (AvgIpc) is 3.37. The summed E-state index contributed by atoms with van der Waals surface area (Å²) in [7, 11) is 0. The monoisotopic (exact) mass is 448 g/mol. The second-order valence-electron chi connectivity index (χ2n) is 8.68. The molecule has 0 N–H and O–H groups in total. The van der Waals surface area contributed by atoms with E-state index in [9.17, 15) is 0 Å². The van der Waals surface area contributed by atoms with Crippen molar-refractivity contribution >= 4 is 32.6 Å². The molecule has 0 fully saturated rings. The summed E-state index contributed by atoms with van der Waals surface area (Å²) in [5, 5.41) is 4.79. The number of hydrogen-bond donors (Lipinski definition) is 0. The Balaban J connectivity index is 1.35. The van der Waals surface area contributed by atoms with E-state index in [0.29, 0.717) is 5.89 Å². The first-order chi connectivity index (χ1) is 17.3. The van der Waals surface area contributed by atoms with Crippen LogP contribution in [0.1, 0.15) is 0 Å². The largest absolute Gasteiger partial charge is 0.436 e. The maximum absolute atomic E-state index is 5.95. The van der Waals surface area contributed by atoms with E-state index in [1.54, 1.807) is 0 Å². The van der Waals surface area contributed by atoms with Crippen molar-refractivity contribution in [3.05, 3.63) is 122 Å². The quantitative estimate of drug-likeness (QED) is 0.272. The molecule has 3 heteroatoms. The van der Waals surface area contributed by atoms with Crippen molar-refractivity contribution in [1.82, 2.24) is 9.97 Å². The highest BCUT2D eigenvalue weighted by molar-refractivity contribution is 6.09. The minimum absolute atomic E-state index is 0.640. The van der Waals surface area contributed by atoms with Crippen LogP contribution >= 0.6 is 0 Å². The van der Waals surface area contributed by atoms with Crippen LogP contribution in [0.2, 0.25) is 0 Å². The Labute approximate surface area is 202 Å². The van der Waals surface area contributed by atoms with Gasteiger partial charge in [-0.05, 0) is 57.1 Å². The van der Waals surface area contributed by atoms with E-state index in [2.05, 4.69) is 94.9 Å². The molecule has 164 valence electrons. The van der Waals surface area contributed by atoms with Gasteiger partial charge in [0.05, 0.1) is 0 Å². The third-order valence-electron chi connectivity index (χ3n) is 6.62. The molecular formula is C32H20N2O. The number of para-hydroxylation sites is 2. The molecule has 0 aliphatic rings. The third-order valence-corrected chi connectivity index (χ3v) is 6.62. The van der Waals surface area contributed by atoms with Crippen LogP contribution in [0.15, 0.2) is 126 Å². The molecular weight excluding hydrogens is 428 g/mol. The van der Waals surface area contributed by atoms with Crippen molar-refractivity contribution in [3.8, 4) is 33.7 Å². The number of fused-ring (bicyclic) bond motifs is 3. The lowest BCUT2D eigenvalue weighted by Crippen LogP contribution is -1.88. The van der Waals surface area contributed by atoms with Gasteiger partial charge in [-0.15, -0.1) is 0 Å². The Morgan fingerprint density at radius 2 is 1.14 bits per heavy atom. The van der Waals surface area contributed by atoms with E-state index in [-0.39, 0.29) is 0 Å². The number of rotatable bonds is 3. The minimum Gasteiger partial charge on any atom is -0.436 e. The third kappa shape index (κ3) is 3.29. The van der Waals surface area contributed by atoms with Gasteiger partial charge in [0.2, 0.25) is 5.89 Å². The Bertz CT molecular complexity index is 1810. The molecule has 0 saturated carbocycles. The lowest BCUT2D eigenvalue weighted by molar-refractivity contribution is 0.620.